The maximum Gasteiger partial charge on any atom is 0.416 e. The van der Waals surface area contributed by atoms with Gasteiger partial charge in [0, 0.05) is 25.0 Å². The number of ether oxygens (including phenoxy) is 2. The SMILES string of the molecule is CCOC(=O)CCCCCOC(=O)N1c2ccc(C(F)(F)F)cc2[C@@H](c2ncc(Br)c(Cc3cc(C(F)(F)F)cc(C(F)(F)F)c3)n2)C[C@@]1(N)CC. The lowest BCUT2D eigenvalue weighted by Crippen LogP contribution is -2.61. The smallest absolute Gasteiger partial charge is 0.416 e. The van der Waals surface area contributed by atoms with Crippen LogP contribution >= 0.6 is 15.9 Å². The molecule has 18 heteroatoms. The molecule has 2 aromatic carbocycles. The molecule has 0 saturated heterocycles. The summed E-state index contributed by atoms with van der Waals surface area (Å²) in [4.78, 5) is 34.8. The van der Waals surface area contributed by atoms with Crippen molar-refractivity contribution >= 4 is 33.7 Å². The highest BCUT2D eigenvalue weighted by Gasteiger charge is 2.47. The van der Waals surface area contributed by atoms with Crippen molar-refractivity contribution in [1.82, 2.24) is 9.97 Å². The molecule has 0 aliphatic carbocycles. The van der Waals surface area contributed by atoms with E-state index < -0.39 is 59.3 Å². The fourth-order valence-corrected chi connectivity index (χ4v) is 6.18. The second-order valence-electron chi connectivity index (χ2n) is 12.2. The van der Waals surface area contributed by atoms with Crippen molar-refractivity contribution in [2.24, 2.45) is 5.73 Å². The number of amides is 1. The molecule has 0 spiro atoms. The van der Waals surface area contributed by atoms with Crippen LogP contribution in [0.3, 0.4) is 0 Å². The predicted molar refractivity (Wildman–Crippen MR) is 173 cm³/mol. The van der Waals surface area contributed by atoms with Gasteiger partial charge in [0.05, 0.1) is 45.8 Å². The average Bonchev–Trinajstić information content (AvgIpc) is 3.05. The van der Waals surface area contributed by atoms with E-state index in [-0.39, 0.29) is 77.3 Å². The number of benzene rings is 2. The first-order valence-electron chi connectivity index (χ1n) is 16.1. The zero-order valence-electron chi connectivity index (χ0n) is 27.8. The Morgan fingerprint density at radius 2 is 1.54 bits per heavy atom. The molecule has 2 atom stereocenters. The summed E-state index contributed by atoms with van der Waals surface area (Å²) in [6, 6.07) is 3.77. The number of hydrogen-bond donors (Lipinski definition) is 1. The summed E-state index contributed by atoms with van der Waals surface area (Å²) in [6.45, 7) is 3.49. The average molecular weight is 814 g/mol. The van der Waals surface area contributed by atoms with Crippen LogP contribution in [0.25, 0.3) is 0 Å². The fraction of sp³-hybridized carbons (Fsp3) is 0.471. The third-order valence-corrected chi connectivity index (χ3v) is 9.15. The molecule has 284 valence electrons. The van der Waals surface area contributed by atoms with Crippen molar-refractivity contribution in [3.8, 4) is 0 Å². The number of esters is 1. The monoisotopic (exact) mass is 812 g/mol. The number of carbonyl (C=O) groups is 2. The Kier molecular flexibility index (Phi) is 12.5. The molecule has 8 nitrogen and oxygen atoms in total. The molecule has 1 aliphatic heterocycles. The molecule has 0 fully saturated rings. The van der Waals surface area contributed by atoms with Gasteiger partial charge in [-0.15, -0.1) is 0 Å². The number of nitrogens with two attached hydrogens (primary N) is 1. The van der Waals surface area contributed by atoms with E-state index >= 15 is 0 Å². The van der Waals surface area contributed by atoms with Gasteiger partial charge in [0.15, 0.2) is 0 Å². The van der Waals surface area contributed by atoms with Crippen molar-refractivity contribution < 1.29 is 58.6 Å². The van der Waals surface area contributed by atoms with Crippen LogP contribution in [0.15, 0.2) is 47.1 Å². The van der Waals surface area contributed by atoms with Crippen LogP contribution in [0.4, 0.5) is 50.0 Å². The number of aromatic nitrogens is 2. The number of alkyl halides is 9. The molecule has 0 unspecified atom stereocenters. The summed E-state index contributed by atoms with van der Waals surface area (Å²) in [6.07, 6.45) is -13.9. The number of halogens is 10. The summed E-state index contributed by atoms with van der Waals surface area (Å²) >= 11 is 3.18. The highest BCUT2D eigenvalue weighted by atomic mass is 79.9. The number of unbranched alkanes of at least 4 members (excludes halogenated alkanes) is 2. The van der Waals surface area contributed by atoms with Crippen LogP contribution in [0, 0.1) is 0 Å². The molecule has 0 radical (unpaired) electrons. The van der Waals surface area contributed by atoms with E-state index in [2.05, 4.69) is 25.9 Å². The minimum absolute atomic E-state index is 0.00425. The maximum absolute atomic E-state index is 14.0. The second-order valence-corrected chi connectivity index (χ2v) is 13.0. The molecule has 4 rings (SSSR count). The quantitative estimate of drug-likeness (QED) is 0.117. The molecule has 0 saturated carbocycles. The Morgan fingerprint density at radius 1 is 0.904 bits per heavy atom. The van der Waals surface area contributed by atoms with E-state index in [0.717, 1.165) is 23.1 Å². The number of hydrogen-bond acceptors (Lipinski definition) is 7. The Bertz CT molecular complexity index is 1740. The van der Waals surface area contributed by atoms with Gasteiger partial charge in [0.25, 0.3) is 0 Å². The standard InChI is InChI=1S/C34H34BrF9N4O4/c1-3-31(45)17-24(29-46-18-25(35)26(47-29)14-19-12-21(33(39,40)41)15-22(13-19)34(42,43)44)23-16-20(32(36,37)38)9-10-27(23)48(31)30(50)52-11-7-5-6-8-28(49)51-4-2/h9-10,12-13,15-16,18,24H,3-8,11,14,17,45H2,1-2H3/t24-,31+/m0/s1. The summed E-state index contributed by atoms with van der Waals surface area (Å²) in [5.41, 5.74) is 0.586. The minimum Gasteiger partial charge on any atom is -0.466 e. The van der Waals surface area contributed by atoms with E-state index in [0.29, 0.717) is 31.4 Å². The normalized spacial score (nSPS) is 17.9. The number of carbonyl (C=O) groups excluding carboxylic acids is 2. The van der Waals surface area contributed by atoms with Crippen molar-refractivity contribution in [3.63, 3.8) is 0 Å². The van der Waals surface area contributed by atoms with Gasteiger partial charge >= 0.3 is 30.6 Å². The summed E-state index contributed by atoms with van der Waals surface area (Å²) in [5, 5.41) is 0. The highest BCUT2D eigenvalue weighted by Crippen LogP contribution is 2.47. The highest BCUT2D eigenvalue weighted by molar-refractivity contribution is 9.10. The largest absolute Gasteiger partial charge is 0.466 e. The lowest BCUT2D eigenvalue weighted by molar-refractivity contribution is -0.144. The lowest BCUT2D eigenvalue weighted by Gasteiger charge is -2.46. The van der Waals surface area contributed by atoms with Gasteiger partial charge in [-0.1, -0.05) is 6.92 Å². The molecule has 2 N–H and O–H groups in total. The van der Waals surface area contributed by atoms with Crippen molar-refractivity contribution in [2.45, 2.75) is 88.9 Å². The third-order valence-electron chi connectivity index (χ3n) is 8.49. The van der Waals surface area contributed by atoms with Gasteiger partial charge in [0.2, 0.25) is 0 Å². The van der Waals surface area contributed by atoms with E-state index in [4.69, 9.17) is 15.2 Å². The Morgan fingerprint density at radius 3 is 2.12 bits per heavy atom. The van der Waals surface area contributed by atoms with Crippen LogP contribution in [0.1, 0.15) is 97.6 Å². The van der Waals surface area contributed by atoms with Gasteiger partial charge in [0.1, 0.15) is 11.5 Å². The van der Waals surface area contributed by atoms with Gasteiger partial charge in [-0.25, -0.2) is 14.8 Å². The van der Waals surface area contributed by atoms with E-state index in [1.165, 1.54) is 6.20 Å². The van der Waals surface area contributed by atoms with Crippen LogP contribution in [0.5, 0.6) is 0 Å². The lowest BCUT2D eigenvalue weighted by atomic mass is 9.80. The van der Waals surface area contributed by atoms with Gasteiger partial charge < -0.3 is 15.2 Å². The molecule has 3 aromatic rings. The van der Waals surface area contributed by atoms with Crippen LogP contribution in [-0.2, 0) is 39.2 Å². The summed E-state index contributed by atoms with van der Waals surface area (Å²) in [5.74, 6) is -1.59. The molecule has 1 amide bonds. The maximum atomic E-state index is 14.0. The Hall–Kier alpha value is -3.93. The summed E-state index contributed by atoms with van der Waals surface area (Å²) < 4.78 is 134. The van der Waals surface area contributed by atoms with Crippen molar-refractivity contribution in [3.05, 3.63) is 86.4 Å². The first kappa shape index (κ1) is 40.8. The van der Waals surface area contributed by atoms with Gasteiger partial charge in [-0.05, 0) is 102 Å². The molecular formula is C34H34BrF9N4O4. The van der Waals surface area contributed by atoms with Gasteiger partial charge in [-0.2, -0.15) is 39.5 Å². The fourth-order valence-electron chi connectivity index (χ4n) is 5.85. The van der Waals surface area contributed by atoms with Crippen molar-refractivity contribution in [1.29, 1.82) is 0 Å². The molecular weight excluding hydrogens is 779 g/mol. The molecule has 1 aromatic heterocycles. The van der Waals surface area contributed by atoms with E-state index in [1.54, 1.807) is 13.8 Å². The van der Waals surface area contributed by atoms with Crippen LogP contribution in [-0.4, -0.2) is 40.9 Å². The first-order chi connectivity index (χ1) is 24.2. The van der Waals surface area contributed by atoms with Crippen molar-refractivity contribution in [2.75, 3.05) is 18.1 Å². The number of fused-ring (bicyclic) bond motifs is 1. The van der Waals surface area contributed by atoms with Crippen LogP contribution < -0.4 is 10.6 Å². The first-order valence-corrected chi connectivity index (χ1v) is 16.9. The predicted octanol–water partition coefficient (Wildman–Crippen LogP) is 9.55. The molecule has 2 heterocycles. The third kappa shape index (κ3) is 9.73. The minimum atomic E-state index is -5.09. The number of rotatable bonds is 11. The van der Waals surface area contributed by atoms with Gasteiger partial charge in [-0.3, -0.25) is 9.69 Å². The Balaban J connectivity index is 1.70. The summed E-state index contributed by atoms with van der Waals surface area (Å²) in [7, 11) is 0. The zero-order chi connectivity index (χ0) is 38.6. The Labute approximate surface area is 301 Å². The zero-order valence-corrected chi connectivity index (χ0v) is 29.4. The number of anilines is 1. The number of nitrogens with zero attached hydrogens (tertiary/aromatic N) is 3. The molecule has 1 aliphatic rings. The van der Waals surface area contributed by atoms with E-state index in [9.17, 15) is 49.1 Å². The topological polar surface area (TPSA) is 108 Å². The molecule has 52 heavy (non-hydrogen) atoms. The molecule has 0 bridgehead atoms. The second kappa shape index (κ2) is 16.0. The van der Waals surface area contributed by atoms with Crippen LogP contribution in [0.2, 0.25) is 0 Å². The van der Waals surface area contributed by atoms with E-state index in [1.807, 2.05) is 0 Å².